The van der Waals surface area contributed by atoms with Crippen LogP contribution in [0.5, 0.6) is 0 Å². The molecule has 6 nitrogen and oxygen atoms in total. The Hall–Kier alpha value is -1.47. The van der Waals surface area contributed by atoms with Crippen LogP contribution in [0.25, 0.3) is 0 Å². The van der Waals surface area contributed by atoms with Crippen LogP contribution < -0.4 is 0 Å². The number of hydrogen-bond acceptors (Lipinski definition) is 6. The smallest absolute Gasteiger partial charge is 0.106 e. The van der Waals surface area contributed by atoms with Crippen molar-refractivity contribution in [1.29, 1.82) is 5.26 Å². The van der Waals surface area contributed by atoms with Crippen molar-refractivity contribution in [3.8, 4) is 6.07 Å². The van der Waals surface area contributed by atoms with E-state index in [1.54, 1.807) is 6.07 Å². The second kappa shape index (κ2) is 5740. The van der Waals surface area contributed by atoms with Crippen LogP contribution in [0.2, 0.25) is 0 Å². The quantitative estimate of drug-likeness (QED) is 0.570. The number of nitrogens with zero attached hydrogens (tertiary/aromatic N) is 1. The normalized spacial score (nSPS) is 2.00. The summed E-state index contributed by atoms with van der Waals surface area (Å²) in [6.45, 7) is 11.4. The minimum absolute atomic E-state index is 0. The zero-order chi connectivity index (χ0) is 12.7. The molecule has 0 aromatic rings. The molecular formula is C7H13NO5W. The molecule has 0 aromatic carbocycles. The molecule has 0 N–H and O–H groups in total. The maximum absolute atomic E-state index is 8.00. The van der Waals surface area contributed by atoms with Crippen LogP contribution in [0.3, 0.4) is 0 Å². The first kappa shape index (κ1) is 54.5. The van der Waals surface area contributed by atoms with Crippen LogP contribution in [0.1, 0.15) is 6.92 Å². The van der Waals surface area contributed by atoms with Gasteiger partial charge in [-0.05, 0) is 0 Å². The molecule has 0 atom stereocenters. The Balaban J connectivity index is -0.00000000838. The molecule has 0 spiro atoms. The molecule has 82 valence electrons. The fraction of sp³-hybridized carbons (Fsp3) is 0.143. The van der Waals surface area contributed by atoms with Crippen LogP contribution in [0.15, 0.2) is 0 Å². The van der Waals surface area contributed by atoms with E-state index in [0.29, 0.717) is 0 Å². The number of nitriles is 1. The Labute approximate surface area is 97.5 Å². The molecule has 0 unspecified atom stereocenters. The minimum Gasteiger partial charge on any atom is -0.307 e. The third kappa shape index (κ3) is 441. The molecule has 0 aliphatic carbocycles. The van der Waals surface area contributed by atoms with Gasteiger partial charge < -0.3 is 24.0 Å². The molecule has 0 aliphatic rings. The van der Waals surface area contributed by atoms with E-state index in [4.69, 9.17) is 29.2 Å². The van der Waals surface area contributed by atoms with Gasteiger partial charge in [0.05, 0.1) is 6.07 Å². The molecule has 0 bridgehead atoms. The predicted octanol–water partition coefficient (Wildman–Crippen LogP) is -0.397. The molecule has 0 saturated carbocycles. The average molecular weight is 375 g/mol. The Bertz CT molecular complexity index is 77.0. The molecule has 0 amide bonds. The van der Waals surface area contributed by atoms with Crippen molar-refractivity contribution >= 4 is 33.9 Å². The second-order valence-electron chi connectivity index (χ2n) is 0.224. The summed E-state index contributed by atoms with van der Waals surface area (Å²) < 4.78 is 0. The van der Waals surface area contributed by atoms with Crippen molar-refractivity contribution in [3.63, 3.8) is 0 Å². The zero-order valence-electron chi connectivity index (χ0n) is 7.93. The SMILES string of the molecule is C=O.C=O.C=O.C=O.C=O.CC#N.[W]. The molecule has 0 rings (SSSR count). The number of hydrogen-bond donors (Lipinski definition) is 0. The summed E-state index contributed by atoms with van der Waals surface area (Å²) in [6.07, 6.45) is 0. The van der Waals surface area contributed by atoms with Crippen molar-refractivity contribution in [2.24, 2.45) is 0 Å². The summed E-state index contributed by atoms with van der Waals surface area (Å²) in [5.74, 6) is 0. The van der Waals surface area contributed by atoms with Gasteiger partial charge in [-0.3, -0.25) is 0 Å². The van der Waals surface area contributed by atoms with Gasteiger partial charge in [-0.2, -0.15) is 5.26 Å². The van der Waals surface area contributed by atoms with E-state index in [0.717, 1.165) is 0 Å². The van der Waals surface area contributed by atoms with Gasteiger partial charge in [0.25, 0.3) is 0 Å². The van der Waals surface area contributed by atoms with Crippen LogP contribution >= 0.6 is 0 Å². The number of carbonyl (C=O) groups is 5. The van der Waals surface area contributed by atoms with Gasteiger partial charge in [0, 0.05) is 28.0 Å². The maximum atomic E-state index is 8.00. The van der Waals surface area contributed by atoms with Crippen molar-refractivity contribution in [3.05, 3.63) is 0 Å². The van der Waals surface area contributed by atoms with E-state index in [9.17, 15) is 0 Å². The molecular weight excluding hydrogens is 362 g/mol. The number of rotatable bonds is 0. The Morgan fingerprint density at radius 3 is 0.714 bits per heavy atom. The molecule has 0 aromatic heterocycles. The standard InChI is InChI=1S/C2H3N.5CH2O.W/c1-2-3;5*1-2;/h1H3;5*1H2;. The van der Waals surface area contributed by atoms with E-state index < -0.39 is 0 Å². The zero-order valence-corrected chi connectivity index (χ0v) is 10.9. The van der Waals surface area contributed by atoms with E-state index in [1.807, 2.05) is 33.9 Å². The minimum atomic E-state index is 0. The number of carbonyl (C=O) groups excluding carboxylic acids is 5. The van der Waals surface area contributed by atoms with Gasteiger partial charge in [-0.25, -0.2) is 0 Å². The average Bonchev–Trinajstić information content (AvgIpc) is 2.32. The topological polar surface area (TPSA) is 109 Å². The fourth-order valence-corrected chi connectivity index (χ4v) is 0. The van der Waals surface area contributed by atoms with E-state index in [2.05, 4.69) is 0 Å². The van der Waals surface area contributed by atoms with Crippen LogP contribution in [-0.2, 0) is 45.0 Å². The molecule has 0 aliphatic heterocycles. The molecule has 0 heterocycles. The Kier molecular flexibility index (Phi) is 22400. The molecule has 0 fully saturated rings. The predicted molar refractivity (Wildman–Crippen MR) is 46.9 cm³/mol. The molecule has 7 heteroatoms. The summed E-state index contributed by atoms with van der Waals surface area (Å²) in [5, 5.41) is 7.32. The fourth-order valence-electron chi connectivity index (χ4n) is 0. The second-order valence-corrected chi connectivity index (χ2v) is 0.224. The van der Waals surface area contributed by atoms with Gasteiger partial charge in [0.1, 0.15) is 33.9 Å². The van der Waals surface area contributed by atoms with Gasteiger partial charge in [-0.1, -0.05) is 0 Å². The maximum Gasteiger partial charge on any atom is 0.106 e. The van der Waals surface area contributed by atoms with E-state index >= 15 is 0 Å². The molecule has 0 radical (unpaired) electrons. The summed E-state index contributed by atoms with van der Waals surface area (Å²) in [6, 6.07) is 1.75. The van der Waals surface area contributed by atoms with E-state index in [1.165, 1.54) is 6.92 Å². The molecule has 0 saturated heterocycles. The third-order valence-electron chi connectivity index (χ3n) is 0. The van der Waals surface area contributed by atoms with Crippen molar-refractivity contribution in [2.75, 3.05) is 0 Å². The van der Waals surface area contributed by atoms with Gasteiger partial charge in [-0.15, -0.1) is 0 Å². The van der Waals surface area contributed by atoms with Crippen molar-refractivity contribution in [1.82, 2.24) is 0 Å². The Morgan fingerprint density at radius 2 is 0.714 bits per heavy atom. The monoisotopic (exact) mass is 375 g/mol. The summed E-state index contributed by atoms with van der Waals surface area (Å²) in [5.41, 5.74) is 0. The van der Waals surface area contributed by atoms with Gasteiger partial charge in [0.2, 0.25) is 0 Å². The van der Waals surface area contributed by atoms with E-state index in [-0.39, 0.29) is 21.1 Å². The van der Waals surface area contributed by atoms with Crippen LogP contribution in [-0.4, -0.2) is 33.9 Å². The van der Waals surface area contributed by atoms with Crippen molar-refractivity contribution in [2.45, 2.75) is 6.92 Å². The largest absolute Gasteiger partial charge is 0.307 e. The summed E-state index contributed by atoms with van der Waals surface area (Å²) >= 11 is 0. The molecule has 14 heavy (non-hydrogen) atoms. The van der Waals surface area contributed by atoms with Gasteiger partial charge in [0.15, 0.2) is 0 Å². The first-order valence-corrected chi connectivity index (χ1v) is 2.17. The Morgan fingerprint density at radius 1 is 0.714 bits per heavy atom. The van der Waals surface area contributed by atoms with Crippen LogP contribution in [0.4, 0.5) is 0 Å². The van der Waals surface area contributed by atoms with Gasteiger partial charge >= 0.3 is 0 Å². The van der Waals surface area contributed by atoms with Crippen LogP contribution in [0, 0.1) is 11.3 Å². The first-order valence-electron chi connectivity index (χ1n) is 2.17. The van der Waals surface area contributed by atoms with Crippen molar-refractivity contribution < 1.29 is 45.0 Å². The third-order valence-corrected chi connectivity index (χ3v) is 0. The summed E-state index contributed by atoms with van der Waals surface area (Å²) in [7, 11) is 0. The first-order chi connectivity index (χ1) is 6.41. The summed E-state index contributed by atoms with van der Waals surface area (Å²) in [4.78, 5) is 40.0.